The zero-order valence-electron chi connectivity index (χ0n) is 12.8. The third-order valence-electron chi connectivity index (χ3n) is 3.80. The largest absolute Gasteiger partial charge is 0.424 e. The monoisotopic (exact) mass is 358 g/mol. The molecule has 0 saturated carbocycles. The van der Waals surface area contributed by atoms with Crippen LogP contribution in [-0.2, 0) is 16.4 Å². The van der Waals surface area contributed by atoms with E-state index in [1.54, 1.807) is 0 Å². The molecule has 1 aromatic carbocycles. The van der Waals surface area contributed by atoms with Gasteiger partial charge in [-0.1, -0.05) is 6.92 Å². The molecule has 10 heteroatoms. The molecular formula is C14H16F2N4O3S. The summed E-state index contributed by atoms with van der Waals surface area (Å²) >= 11 is 0. The van der Waals surface area contributed by atoms with Crippen molar-refractivity contribution in [3.63, 3.8) is 0 Å². The number of hydrogen-bond acceptors (Lipinski definition) is 6. The van der Waals surface area contributed by atoms with Gasteiger partial charge in [0.25, 0.3) is 0 Å². The van der Waals surface area contributed by atoms with Gasteiger partial charge in [-0.05, 0) is 18.6 Å². The van der Waals surface area contributed by atoms with Gasteiger partial charge in [-0.2, -0.15) is 0 Å². The van der Waals surface area contributed by atoms with Crippen LogP contribution in [0.3, 0.4) is 0 Å². The summed E-state index contributed by atoms with van der Waals surface area (Å²) in [5.41, 5.74) is -0.286. The van der Waals surface area contributed by atoms with Crippen molar-refractivity contribution < 1.29 is 21.6 Å². The molecule has 0 amide bonds. The van der Waals surface area contributed by atoms with Gasteiger partial charge in [0.2, 0.25) is 21.8 Å². The van der Waals surface area contributed by atoms with Crippen LogP contribution in [-0.4, -0.2) is 30.4 Å². The molecule has 1 fully saturated rings. The first kappa shape index (κ1) is 16.8. The number of sulfonamides is 1. The molecule has 3 rings (SSSR count). The fraction of sp³-hybridized carbons (Fsp3) is 0.429. The molecule has 2 N–H and O–H groups in total. The van der Waals surface area contributed by atoms with E-state index in [-0.39, 0.29) is 24.7 Å². The molecule has 1 saturated heterocycles. The summed E-state index contributed by atoms with van der Waals surface area (Å²) in [6, 6.07) is 2.28. The average Bonchev–Trinajstić information content (AvgIpc) is 3.18. The topological polar surface area (TPSA) is 97.1 Å². The van der Waals surface area contributed by atoms with Crippen LogP contribution in [0, 0.1) is 11.6 Å². The first-order valence-electron chi connectivity index (χ1n) is 7.41. The normalized spacial score (nSPS) is 21.1. The van der Waals surface area contributed by atoms with Crippen molar-refractivity contribution in [2.75, 3.05) is 11.3 Å². The summed E-state index contributed by atoms with van der Waals surface area (Å²) < 4.78 is 58.9. The summed E-state index contributed by atoms with van der Waals surface area (Å²) in [6.45, 7) is 2.03. The molecule has 0 aliphatic carbocycles. The number of aromatic nitrogens is 2. The number of hydrogen-bond donors (Lipinski definition) is 2. The van der Waals surface area contributed by atoms with Gasteiger partial charge in [0.15, 0.2) is 0 Å². The summed E-state index contributed by atoms with van der Waals surface area (Å²) in [5, 5.41) is 9.95. The van der Waals surface area contributed by atoms with Crippen molar-refractivity contribution in [2.45, 2.75) is 31.1 Å². The minimum Gasteiger partial charge on any atom is -0.424 e. The average molecular weight is 358 g/mol. The molecule has 2 atom stereocenters. The number of nitrogens with zero attached hydrogens (tertiary/aromatic N) is 2. The lowest BCUT2D eigenvalue weighted by atomic mass is 10.2. The molecule has 7 nitrogen and oxygen atoms in total. The summed E-state index contributed by atoms with van der Waals surface area (Å²) in [5.74, 6) is -0.936. The van der Waals surface area contributed by atoms with Gasteiger partial charge in [0.05, 0.1) is 17.0 Å². The van der Waals surface area contributed by atoms with Crippen LogP contribution in [0.15, 0.2) is 22.6 Å². The van der Waals surface area contributed by atoms with Crippen molar-refractivity contribution in [3.05, 3.63) is 41.6 Å². The van der Waals surface area contributed by atoms with E-state index in [0.717, 1.165) is 12.1 Å². The van der Waals surface area contributed by atoms with Crippen molar-refractivity contribution in [1.29, 1.82) is 0 Å². The molecule has 1 aliphatic rings. The van der Waals surface area contributed by atoms with Gasteiger partial charge in [-0.3, -0.25) is 4.72 Å². The van der Waals surface area contributed by atoms with Gasteiger partial charge < -0.3 is 9.73 Å². The minimum atomic E-state index is -3.85. The van der Waals surface area contributed by atoms with Crippen LogP contribution in [0.25, 0.3) is 0 Å². The highest BCUT2D eigenvalue weighted by Gasteiger charge is 2.37. The number of rotatable bonds is 5. The Morgan fingerprint density at radius 1 is 1.38 bits per heavy atom. The lowest BCUT2D eigenvalue weighted by molar-refractivity contribution is 0.405. The van der Waals surface area contributed by atoms with Gasteiger partial charge in [0.1, 0.15) is 11.6 Å². The van der Waals surface area contributed by atoms with E-state index in [9.17, 15) is 17.2 Å². The number of anilines is 1. The lowest BCUT2D eigenvalue weighted by Gasteiger charge is -2.13. The molecular weight excluding hydrogens is 342 g/mol. The molecule has 1 aliphatic heterocycles. The van der Waals surface area contributed by atoms with E-state index in [1.807, 2.05) is 6.92 Å². The van der Waals surface area contributed by atoms with Crippen molar-refractivity contribution >= 4 is 15.7 Å². The maximum Gasteiger partial charge on any atom is 0.237 e. The standard InChI is InChI=1S/C14H16F2N4O3S/c1-2-13-18-19-14(23-13)12-6-9(7-17-12)24(21,22)20-11-4-3-8(15)5-10(11)16/h3-5,9,12,17,20H,2,6-7H2,1H3. The maximum absolute atomic E-state index is 13.6. The Bertz CT molecular complexity index is 840. The first-order valence-corrected chi connectivity index (χ1v) is 8.96. The quantitative estimate of drug-likeness (QED) is 0.845. The Hall–Kier alpha value is -2.07. The van der Waals surface area contributed by atoms with Crippen molar-refractivity contribution in [3.8, 4) is 0 Å². The van der Waals surface area contributed by atoms with Crippen LogP contribution < -0.4 is 10.0 Å². The molecule has 130 valence electrons. The zero-order valence-corrected chi connectivity index (χ0v) is 13.6. The number of halogens is 2. The third-order valence-corrected chi connectivity index (χ3v) is 5.54. The molecule has 0 radical (unpaired) electrons. The second-order valence-corrected chi connectivity index (χ2v) is 7.44. The van der Waals surface area contributed by atoms with Gasteiger partial charge in [-0.25, -0.2) is 17.2 Å². The fourth-order valence-electron chi connectivity index (χ4n) is 2.49. The van der Waals surface area contributed by atoms with E-state index in [4.69, 9.17) is 4.42 Å². The van der Waals surface area contributed by atoms with Crippen LogP contribution >= 0.6 is 0 Å². The molecule has 2 heterocycles. The molecule has 1 aromatic heterocycles. The predicted octanol–water partition coefficient (Wildman–Crippen LogP) is 1.76. The molecule has 2 aromatic rings. The maximum atomic E-state index is 13.6. The summed E-state index contributed by atoms with van der Waals surface area (Å²) in [4.78, 5) is 0. The number of benzene rings is 1. The Morgan fingerprint density at radius 3 is 2.83 bits per heavy atom. The van der Waals surface area contributed by atoms with E-state index >= 15 is 0 Å². The van der Waals surface area contributed by atoms with E-state index in [2.05, 4.69) is 20.2 Å². The molecule has 24 heavy (non-hydrogen) atoms. The van der Waals surface area contributed by atoms with Crippen LogP contribution in [0.4, 0.5) is 14.5 Å². The number of nitrogens with one attached hydrogen (secondary N) is 2. The predicted molar refractivity (Wildman–Crippen MR) is 81.7 cm³/mol. The third kappa shape index (κ3) is 3.39. The highest BCUT2D eigenvalue weighted by Crippen LogP contribution is 2.28. The van der Waals surface area contributed by atoms with E-state index < -0.39 is 26.9 Å². The lowest BCUT2D eigenvalue weighted by Crippen LogP contribution is -2.30. The molecule has 0 bridgehead atoms. The SMILES string of the molecule is CCc1nnc(C2CC(S(=O)(=O)Nc3ccc(F)cc3F)CN2)o1. The Labute approximate surface area is 137 Å². The number of aryl methyl sites for hydroxylation is 1. The second-order valence-electron chi connectivity index (χ2n) is 5.48. The fourth-order valence-corrected chi connectivity index (χ4v) is 3.89. The first-order chi connectivity index (χ1) is 11.4. The van der Waals surface area contributed by atoms with Gasteiger partial charge in [0, 0.05) is 19.0 Å². The Balaban J connectivity index is 1.71. The zero-order chi connectivity index (χ0) is 17.3. The van der Waals surface area contributed by atoms with E-state index in [0.29, 0.717) is 24.3 Å². The van der Waals surface area contributed by atoms with Crippen molar-refractivity contribution in [2.24, 2.45) is 0 Å². The van der Waals surface area contributed by atoms with E-state index in [1.165, 1.54) is 0 Å². The summed E-state index contributed by atoms with van der Waals surface area (Å²) in [7, 11) is -3.85. The van der Waals surface area contributed by atoms with Crippen LogP contribution in [0.2, 0.25) is 0 Å². The second kappa shape index (κ2) is 6.44. The summed E-state index contributed by atoms with van der Waals surface area (Å²) in [6.07, 6.45) is 0.802. The smallest absolute Gasteiger partial charge is 0.237 e. The van der Waals surface area contributed by atoms with Gasteiger partial charge >= 0.3 is 0 Å². The molecule has 2 unspecified atom stereocenters. The van der Waals surface area contributed by atoms with Gasteiger partial charge in [-0.15, -0.1) is 10.2 Å². The Kier molecular flexibility index (Phi) is 4.50. The van der Waals surface area contributed by atoms with Crippen molar-refractivity contribution in [1.82, 2.24) is 15.5 Å². The highest BCUT2D eigenvalue weighted by atomic mass is 32.2. The van der Waals surface area contributed by atoms with Crippen LogP contribution in [0.1, 0.15) is 31.2 Å². The van der Waals surface area contributed by atoms with Crippen LogP contribution in [0.5, 0.6) is 0 Å². The highest BCUT2D eigenvalue weighted by molar-refractivity contribution is 7.93. The Morgan fingerprint density at radius 2 is 2.17 bits per heavy atom. The minimum absolute atomic E-state index is 0.159. The molecule has 0 spiro atoms.